The van der Waals surface area contributed by atoms with Crippen molar-refractivity contribution >= 4 is 5.91 Å². The Kier molecular flexibility index (Phi) is 5.84. The summed E-state index contributed by atoms with van der Waals surface area (Å²) in [6.45, 7) is 5.57. The molecule has 1 amide bonds. The highest BCUT2D eigenvalue weighted by molar-refractivity contribution is 5.95. The number of alkyl halides is 3. The van der Waals surface area contributed by atoms with Gasteiger partial charge in [0.15, 0.2) is 0 Å². The van der Waals surface area contributed by atoms with Gasteiger partial charge in [0.1, 0.15) is 17.3 Å². The Balaban J connectivity index is 1.39. The van der Waals surface area contributed by atoms with Crippen molar-refractivity contribution in [2.24, 2.45) is 0 Å². The van der Waals surface area contributed by atoms with Crippen LogP contribution in [0, 0.1) is 6.92 Å². The molecule has 0 N–H and O–H groups in total. The Morgan fingerprint density at radius 2 is 1.73 bits per heavy atom. The van der Waals surface area contributed by atoms with Crippen molar-refractivity contribution in [2.75, 3.05) is 26.2 Å². The topological polar surface area (TPSA) is 50.6 Å². The van der Waals surface area contributed by atoms with E-state index in [1.807, 2.05) is 16.4 Å². The highest BCUT2D eigenvalue weighted by Gasteiger charge is 2.36. The van der Waals surface area contributed by atoms with Crippen LogP contribution >= 0.6 is 0 Å². The number of benzene rings is 1. The second-order valence-electron chi connectivity index (χ2n) is 9.31. The van der Waals surface area contributed by atoms with Gasteiger partial charge in [-0.1, -0.05) is 12.1 Å². The lowest BCUT2D eigenvalue weighted by atomic mass is 10.0. The number of halogens is 3. The van der Waals surface area contributed by atoms with Crippen LogP contribution in [0.3, 0.4) is 0 Å². The zero-order chi connectivity index (χ0) is 23.2. The van der Waals surface area contributed by atoms with Gasteiger partial charge < -0.3 is 19.1 Å². The molecule has 0 bridgehead atoms. The molecular formula is C24H29F3N4O2. The van der Waals surface area contributed by atoms with Crippen molar-refractivity contribution in [3.8, 4) is 17.1 Å². The van der Waals surface area contributed by atoms with Crippen LogP contribution in [0.2, 0.25) is 0 Å². The molecule has 178 valence electrons. The first-order valence-electron chi connectivity index (χ1n) is 11.8. The molecule has 1 aliphatic carbocycles. The summed E-state index contributed by atoms with van der Waals surface area (Å²) < 4.78 is 44.1. The van der Waals surface area contributed by atoms with Crippen molar-refractivity contribution < 1.29 is 22.7 Å². The number of hydrogen-bond donors (Lipinski definition) is 0. The van der Waals surface area contributed by atoms with Crippen LogP contribution in [0.1, 0.15) is 60.7 Å². The van der Waals surface area contributed by atoms with Gasteiger partial charge in [-0.3, -0.25) is 4.79 Å². The maximum Gasteiger partial charge on any atom is 0.573 e. The van der Waals surface area contributed by atoms with Gasteiger partial charge in [-0.25, -0.2) is 4.98 Å². The molecule has 9 heteroatoms. The van der Waals surface area contributed by atoms with Gasteiger partial charge >= 0.3 is 6.36 Å². The van der Waals surface area contributed by atoms with Gasteiger partial charge in [0, 0.05) is 30.7 Å². The average Bonchev–Trinajstić information content (AvgIpc) is 3.34. The highest BCUT2D eigenvalue weighted by atomic mass is 19.4. The lowest BCUT2D eigenvalue weighted by Crippen LogP contribution is -2.46. The van der Waals surface area contributed by atoms with E-state index < -0.39 is 6.36 Å². The molecule has 2 aromatic rings. The van der Waals surface area contributed by atoms with Gasteiger partial charge in [-0.2, -0.15) is 0 Å². The standard InChI is InChI=1S/C24H29F3N4O2/c1-16-21(23(32)30-13-9-18(10-14-30)29-11-2-3-12-29)31(19-7-8-19)22(28-16)17-5-4-6-20(15-17)33-24(25,26)27/h4-6,15,18-19H,2-3,7-14H2,1H3. The molecule has 3 fully saturated rings. The smallest absolute Gasteiger partial charge is 0.406 e. The van der Waals surface area contributed by atoms with E-state index in [2.05, 4.69) is 14.6 Å². The fourth-order valence-corrected chi connectivity index (χ4v) is 5.22. The van der Waals surface area contributed by atoms with E-state index in [0.717, 1.165) is 51.9 Å². The molecule has 0 spiro atoms. The second kappa shape index (κ2) is 8.66. The predicted molar refractivity (Wildman–Crippen MR) is 117 cm³/mol. The molecule has 5 rings (SSSR count). The monoisotopic (exact) mass is 462 g/mol. The quantitative estimate of drug-likeness (QED) is 0.641. The van der Waals surface area contributed by atoms with Crippen LogP contribution in [0.15, 0.2) is 24.3 Å². The largest absolute Gasteiger partial charge is 0.573 e. The minimum atomic E-state index is -4.76. The van der Waals surface area contributed by atoms with Gasteiger partial charge in [0.05, 0.1) is 5.69 Å². The van der Waals surface area contributed by atoms with Crippen LogP contribution in [0.4, 0.5) is 13.2 Å². The van der Waals surface area contributed by atoms with E-state index in [0.29, 0.717) is 28.8 Å². The first-order valence-corrected chi connectivity index (χ1v) is 11.8. The summed E-state index contributed by atoms with van der Waals surface area (Å²) in [5.74, 6) is 0.207. The maximum absolute atomic E-state index is 13.6. The van der Waals surface area contributed by atoms with Gasteiger partial charge in [-0.05, 0) is 70.7 Å². The molecule has 2 saturated heterocycles. The van der Waals surface area contributed by atoms with Crippen LogP contribution in [-0.4, -0.2) is 63.8 Å². The zero-order valence-corrected chi connectivity index (χ0v) is 18.8. The molecule has 3 heterocycles. The Morgan fingerprint density at radius 3 is 2.36 bits per heavy atom. The van der Waals surface area contributed by atoms with Crippen molar-refractivity contribution in [3.63, 3.8) is 0 Å². The molecule has 2 aliphatic heterocycles. The molecule has 1 aromatic heterocycles. The number of amides is 1. The van der Waals surface area contributed by atoms with E-state index in [9.17, 15) is 18.0 Å². The molecule has 33 heavy (non-hydrogen) atoms. The van der Waals surface area contributed by atoms with Crippen LogP contribution < -0.4 is 4.74 Å². The number of carbonyl (C=O) groups is 1. The fraction of sp³-hybridized carbons (Fsp3) is 0.583. The molecular weight excluding hydrogens is 433 g/mol. The van der Waals surface area contributed by atoms with Crippen LogP contribution in [0.25, 0.3) is 11.4 Å². The van der Waals surface area contributed by atoms with E-state index in [4.69, 9.17) is 0 Å². The van der Waals surface area contributed by atoms with Gasteiger partial charge in [0.2, 0.25) is 0 Å². The van der Waals surface area contributed by atoms with Crippen LogP contribution in [-0.2, 0) is 0 Å². The minimum Gasteiger partial charge on any atom is -0.406 e. The zero-order valence-electron chi connectivity index (χ0n) is 18.8. The number of aromatic nitrogens is 2. The average molecular weight is 463 g/mol. The molecule has 0 atom stereocenters. The number of rotatable bonds is 5. The molecule has 1 aromatic carbocycles. The number of piperidine rings is 1. The number of carbonyl (C=O) groups excluding carboxylic acids is 1. The molecule has 0 radical (unpaired) electrons. The first kappa shape index (κ1) is 22.3. The van der Waals surface area contributed by atoms with Crippen LogP contribution in [0.5, 0.6) is 5.75 Å². The number of nitrogens with zero attached hydrogens (tertiary/aromatic N) is 4. The Labute approximate surface area is 191 Å². The predicted octanol–water partition coefficient (Wildman–Crippen LogP) is 4.79. The third-order valence-corrected chi connectivity index (χ3v) is 6.93. The molecule has 3 aliphatic rings. The van der Waals surface area contributed by atoms with Gasteiger partial charge in [0.25, 0.3) is 5.91 Å². The number of hydrogen-bond acceptors (Lipinski definition) is 4. The SMILES string of the molecule is Cc1nc(-c2cccc(OC(F)(F)F)c2)n(C2CC2)c1C(=O)N1CCC(N2CCCC2)CC1. The summed E-state index contributed by atoms with van der Waals surface area (Å²) in [7, 11) is 0. The fourth-order valence-electron chi connectivity index (χ4n) is 5.22. The van der Waals surface area contributed by atoms with E-state index in [1.54, 1.807) is 6.07 Å². The second-order valence-corrected chi connectivity index (χ2v) is 9.31. The molecule has 6 nitrogen and oxygen atoms in total. The van der Waals surface area contributed by atoms with Crippen molar-refractivity contribution in [3.05, 3.63) is 35.7 Å². The summed E-state index contributed by atoms with van der Waals surface area (Å²) in [4.78, 5) is 22.7. The Hall–Kier alpha value is -2.55. The lowest BCUT2D eigenvalue weighted by molar-refractivity contribution is -0.274. The summed E-state index contributed by atoms with van der Waals surface area (Å²) in [6, 6.07) is 6.53. The third-order valence-electron chi connectivity index (χ3n) is 6.93. The van der Waals surface area contributed by atoms with E-state index in [1.165, 1.54) is 31.0 Å². The number of likely N-dealkylation sites (tertiary alicyclic amines) is 2. The van der Waals surface area contributed by atoms with E-state index in [-0.39, 0.29) is 17.7 Å². The summed E-state index contributed by atoms with van der Waals surface area (Å²) in [5.41, 5.74) is 1.69. The van der Waals surface area contributed by atoms with Crippen molar-refractivity contribution in [2.45, 2.75) is 63.9 Å². The summed E-state index contributed by atoms with van der Waals surface area (Å²) >= 11 is 0. The van der Waals surface area contributed by atoms with Crippen molar-refractivity contribution in [1.82, 2.24) is 19.4 Å². The third kappa shape index (κ3) is 4.74. The lowest BCUT2D eigenvalue weighted by Gasteiger charge is -2.36. The van der Waals surface area contributed by atoms with Crippen molar-refractivity contribution in [1.29, 1.82) is 0 Å². The summed E-state index contributed by atoms with van der Waals surface area (Å²) in [5, 5.41) is 0. The minimum absolute atomic E-state index is 0.0271. The molecule has 1 saturated carbocycles. The maximum atomic E-state index is 13.6. The summed E-state index contributed by atoms with van der Waals surface area (Å²) in [6.07, 6.45) is 1.58. The molecule has 0 unspecified atom stereocenters. The van der Waals surface area contributed by atoms with Gasteiger partial charge in [-0.15, -0.1) is 13.2 Å². The highest BCUT2D eigenvalue weighted by Crippen LogP contribution is 2.41. The number of ether oxygens (including phenoxy) is 1. The Bertz CT molecular complexity index is 1020. The van der Waals surface area contributed by atoms with E-state index >= 15 is 0 Å². The Morgan fingerprint density at radius 1 is 1.03 bits per heavy atom. The normalized spacial score (nSPS) is 20.4. The first-order chi connectivity index (χ1) is 15.8. The number of imidazole rings is 1. The number of aryl methyl sites for hydroxylation is 1.